The number of halogens is 3. The van der Waals surface area contributed by atoms with Gasteiger partial charge in [-0.2, -0.15) is 13.2 Å². The summed E-state index contributed by atoms with van der Waals surface area (Å²) in [5.74, 6) is -1.01. The van der Waals surface area contributed by atoms with Crippen molar-refractivity contribution < 1.29 is 18.0 Å². The molecule has 2 nitrogen and oxygen atoms in total. The number of hydrogen-bond donors (Lipinski definition) is 0. The third-order valence-electron chi connectivity index (χ3n) is 4.18. The number of alkyl halides is 3. The highest BCUT2D eigenvalue weighted by atomic mass is 19.4. The number of allylic oxidation sites excluding steroid dienone is 1. The van der Waals surface area contributed by atoms with Gasteiger partial charge < -0.3 is 4.90 Å². The van der Waals surface area contributed by atoms with Crippen LogP contribution in [-0.4, -0.2) is 12.0 Å². The first-order chi connectivity index (χ1) is 13.4. The summed E-state index contributed by atoms with van der Waals surface area (Å²) >= 11 is 0. The number of para-hydroxylation sites is 2. The second kappa shape index (κ2) is 8.13. The molecule has 0 bridgehead atoms. The van der Waals surface area contributed by atoms with Gasteiger partial charge in [-0.1, -0.05) is 48.5 Å². The molecule has 0 atom stereocenters. The lowest BCUT2D eigenvalue weighted by Gasteiger charge is -2.25. The zero-order valence-electron chi connectivity index (χ0n) is 15.1. The molecule has 3 aromatic carbocycles. The molecule has 3 rings (SSSR count). The molecule has 0 aromatic heterocycles. The molecule has 3 aromatic rings. The van der Waals surface area contributed by atoms with Crippen molar-refractivity contribution in [1.82, 2.24) is 0 Å². The lowest BCUT2D eigenvalue weighted by Crippen LogP contribution is -2.17. The van der Waals surface area contributed by atoms with Gasteiger partial charge in [0, 0.05) is 17.1 Å². The van der Waals surface area contributed by atoms with E-state index in [0.29, 0.717) is 5.56 Å². The standard InChI is InChI=1S/C23H18F3NO/c1-17(28)22(23(24,25)26)16-18-12-14-21(15-13-18)27(19-8-4-2-5-9-19)20-10-6-3-7-11-20/h2-16H,1H3. The van der Waals surface area contributed by atoms with E-state index in [-0.39, 0.29) is 0 Å². The third kappa shape index (κ3) is 4.49. The average Bonchev–Trinajstić information content (AvgIpc) is 2.68. The molecular weight excluding hydrogens is 363 g/mol. The number of ketones is 1. The Kier molecular flexibility index (Phi) is 5.64. The normalized spacial score (nSPS) is 11.9. The van der Waals surface area contributed by atoms with Crippen LogP contribution in [0.15, 0.2) is 90.5 Å². The highest BCUT2D eigenvalue weighted by Crippen LogP contribution is 2.34. The maximum absolute atomic E-state index is 13.0. The van der Waals surface area contributed by atoms with Crippen molar-refractivity contribution in [3.63, 3.8) is 0 Å². The minimum atomic E-state index is -4.68. The van der Waals surface area contributed by atoms with Crippen molar-refractivity contribution in [1.29, 1.82) is 0 Å². The molecule has 0 N–H and O–H groups in total. The Morgan fingerprint density at radius 1 is 0.750 bits per heavy atom. The summed E-state index contributed by atoms with van der Waals surface area (Å²) in [4.78, 5) is 13.3. The van der Waals surface area contributed by atoms with Crippen LogP contribution in [0.25, 0.3) is 6.08 Å². The Morgan fingerprint density at radius 2 is 1.18 bits per heavy atom. The zero-order valence-corrected chi connectivity index (χ0v) is 15.1. The van der Waals surface area contributed by atoms with Crippen LogP contribution in [-0.2, 0) is 4.79 Å². The molecule has 0 aliphatic rings. The summed E-state index contributed by atoms with van der Waals surface area (Å²) in [5, 5.41) is 0. The lowest BCUT2D eigenvalue weighted by atomic mass is 10.1. The van der Waals surface area contributed by atoms with Crippen LogP contribution >= 0.6 is 0 Å². The second-order valence-corrected chi connectivity index (χ2v) is 6.21. The molecule has 0 fully saturated rings. The van der Waals surface area contributed by atoms with Gasteiger partial charge in [-0.05, 0) is 55.0 Å². The first kappa shape index (κ1) is 19.4. The maximum atomic E-state index is 13.0. The number of rotatable bonds is 5. The summed E-state index contributed by atoms with van der Waals surface area (Å²) in [6.45, 7) is 0.917. The Hall–Kier alpha value is -3.34. The molecular formula is C23H18F3NO. The second-order valence-electron chi connectivity index (χ2n) is 6.21. The van der Waals surface area contributed by atoms with E-state index >= 15 is 0 Å². The average molecular weight is 381 g/mol. The third-order valence-corrected chi connectivity index (χ3v) is 4.18. The summed E-state index contributed by atoms with van der Waals surface area (Å²) in [6.07, 6.45) is -3.80. The van der Waals surface area contributed by atoms with Crippen molar-refractivity contribution in [2.75, 3.05) is 4.90 Å². The summed E-state index contributed by atoms with van der Waals surface area (Å²) in [6, 6.07) is 26.0. The Morgan fingerprint density at radius 3 is 1.57 bits per heavy atom. The van der Waals surface area contributed by atoms with Crippen LogP contribution in [0.4, 0.5) is 30.2 Å². The Labute approximate surface area is 161 Å². The number of carbonyl (C=O) groups excluding carboxylic acids is 1. The molecule has 0 aliphatic carbocycles. The molecule has 0 amide bonds. The molecule has 142 valence electrons. The van der Waals surface area contributed by atoms with E-state index in [2.05, 4.69) is 0 Å². The van der Waals surface area contributed by atoms with Gasteiger partial charge in [-0.15, -0.1) is 0 Å². The maximum Gasteiger partial charge on any atom is 0.419 e. The van der Waals surface area contributed by atoms with Gasteiger partial charge in [0.2, 0.25) is 0 Å². The van der Waals surface area contributed by atoms with Crippen LogP contribution in [0.1, 0.15) is 12.5 Å². The van der Waals surface area contributed by atoms with Crippen LogP contribution in [0.5, 0.6) is 0 Å². The number of hydrogen-bond acceptors (Lipinski definition) is 2. The van der Waals surface area contributed by atoms with E-state index in [0.717, 1.165) is 30.1 Å². The fourth-order valence-corrected chi connectivity index (χ4v) is 2.87. The number of carbonyl (C=O) groups is 1. The minimum absolute atomic E-state index is 0.312. The number of nitrogens with zero attached hydrogens (tertiary/aromatic N) is 1. The van der Waals surface area contributed by atoms with E-state index in [4.69, 9.17) is 0 Å². The number of anilines is 3. The van der Waals surface area contributed by atoms with Gasteiger partial charge in [0.05, 0.1) is 5.57 Å². The molecule has 0 unspecified atom stereocenters. The minimum Gasteiger partial charge on any atom is -0.311 e. The predicted molar refractivity (Wildman–Crippen MR) is 106 cm³/mol. The fraction of sp³-hybridized carbons (Fsp3) is 0.0870. The number of Topliss-reactive ketones (excluding diaryl/α,β-unsaturated/α-hetero) is 1. The number of benzene rings is 3. The SMILES string of the molecule is CC(=O)C(=Cc1ccc(N(c2ccccc2)c2ccccc2)cc1)C(F)(F)F. The van der Waals surface area contributed by atoms with E-state index in [1.54, 1.807) is 24.3 Å². The van der Waals surface area contributed by atoms with Crippen LogP contribution in [0, 0.1) is 0 Å². The highest BCUT2D eigenvalue weighted by molar-refractivity contribution is 5.99. The van der Waals surface area contributed by atoms with Crippen molar-refractivity contribution in [2.45, 2.75) is 13.1 Å². The van der Waals surface area contributed by atoms with Gasteiger partial charge in [-0.25, -0.2) is 0 Å². The van der Waals surface area contributed by atoms with Crippen LogP contribution in [0.3, 0.4) is 0 Å². The first-order valence-electron chi connectivity index (χ1n) is 8.66. The highest BCUT2D eigenvalue weighted by Gasteiger charge is 2.36. The van der Waals surface area contributed by atoms with Crippen molar-refractivity contribution in [3.05, 3.63) is 96.1 Å². The van der Waals surface area contributed by atoms with Gasteiger partial charge >= 0.3 is 6.18 Å². The Bertz CT molecular complexity index is 923. The van der Waals surface area contributed by atoms with E-state index in [1.807, 2.05) is 65.6 Å². The summed E-state index contributed by atoms with van der Waals surface area (Å²) in [7, 11) is 0. The smallest absolute Gasteiger partial charge is 0.311 e. The van der Waals surface area contributed by atoms with Gasteiger partial charge in [-0.3, -0.25) is 4.79 Å². The molecule has 5 heteroatoms. The van der Waals surface area contributed by atoms with Gasteiger partial charge in [0.25, 0.3) is 0 Å². The predicted octanol–water partition coefficient (Wildman–Crippen LogP) is 6.69. The van der Waals surface area contributed by atoms with E-state index in [9.17, 15) is 18.0 Å². The molecule has 28 heavy (non-hydrogen) atoms. The van der Waals surface area contributed by atoms with E-state index in [1.165, 1.54) is 0 Å². The van der Waals surface area contributed by atoms with Crippen LogP contribution in [0.2, 0.25) is 0 Å². The van der Waals surface area contributed by atoms with Crippen molar-refractivity contribution >= 4 is 28.9 Å². The monoisotopic (exact) mass is 381 g/mol. The summed E-state index contributed by atoms with van der Waals surface area (Å²) < 4.78 is 39.0. The van der Waals surface area contributed by atoms with E-state index < -0.39 is 17.5 Å². The van der Waals surface area contributed by atoms with Crippen LogP contribution < -0.4 is 4.90 Å². The largest absolute Gasteiger partial charge is 0.419 e. The first-order valence-corrected chi connectivity index (χ1v) is 8.66. The fourth-order valence-electron chi connectivity index (χ4n) is 2.87. The molecule has 0 saturated carbocycles. The van der Waals surface area contributed by atoms with Gasteiger partial charge in [0.15, 0.2) is 5.78 Å². The lowest BCUT2D eigenvalue weighted by molar-refractivity contribution is -0.126. The van der Waals surface area contributed by atoms with Gasteiger partial charge in [0.1, 0.15) is 0 Å². The molecule has 0 radical (unpaired) electrons. The van der Waals surface area contributed by atoms with Crippen molar-refractivity contribution in [2.24, 2.45) is 0 Å². The Balaban J connectivity index is 2.01. The quantitative estimate of drug-likeness (QED) is 0.459. The topological polar surface area (TPSA) is 20.3 Å². The molecule has 0 aliphatic heterocycles. The molecule has 0 heterocycles. The zero-order chi connectivity index (χ0) is 20.1. The molecule has 0 saturated heterocycles. The summed E-state index contributed by atoms with van der Waals surface area (Å²) in [5.41, 5.74) is 1.80. The van der Waals surface area contributed by atoms with Crippen molar-refractivity contribution in [3.8, 4) is 0 Å². The molecule has 0 spiro atoms.